The van der Waals surface area contributed by atoms with Crippen molar-refractivity contribution in [3.63, 3.8) is 0 Å². The lowest BCUT2D eigenvalue weighted by Crippen LogP contribution is -2.19. The van der Waals surface area contributed by atoms with Gasteiger partial charge in [0.15, 0.2) is 0 Å². The van der Waals surface area contributed by atoms with Crippen LogP contribution < -0.4 is 5.56 Å². The Morgan fingerprint density at radius 1 is 1.57 bits per heavy atom. The van der Waals surface area contributed by atoms with Gasteiger partial charge in [-0.1, -0.05) is 0 Å². The summed E-state index contributed by atoms with van der Waals surface area (Å²) in [4.78, 5) is 16.0. The minimum atomic E-state index is 0.0618. The van der Waals surface area contributed by atoms with Gasteiger partial charge in [-0.15, -0.1) is 11.3 Å². The predicted octanol–water partition coefficient (Wildman–Crippen LogP) is 1.78. The third-order valence-corrected chi connectivity index (χ3v) is 3.20. The molecular formula is C9H10N2OS2. The first-order valence-electron chi connectivity index (χ1n) is 4.36. The zero-order chi connectivity index (χ0) is 9.97. The smallest absolute Gasteiger partial charge is 0.271 e. The van der Waals surface area contributed by atoms with Crippen LogP contribution >= 0.6 is 24.0 Å². The van der Waals surface area contributed by atoms with E-state index >= 15 is 0 Å². The van der Waals surface area contributed by atoms with Gasteiger partial charge in [-0.3, -0.25) is 9.36 Å². The molecular weight excluding hydrogens is 216 g/mol. The van der Waals surface area contributed by atoms with Crippen molar-refractivity contribution in [1.29, 1.82) is 0 Å². The fourth-order valence-corrected chi connectivity index (χ4v) is 2.21. The Bertz CT molecular complexity index is 489. The van der Waals surface area contributed by atoms with E-state index in [2.05, 4.69) is 17.6 Å². The normalized spacial score (nSPS) is 10.9. The van der Waals surface area contributed by atoms with Crippen LogP contribution in [0.15, 0.2) is 22.6 Å². The molecule has 0 fully saturated rings. The molecule has 0 amide bonds. The summed E-state index contributed by atoms with van der Waals surface area (Å²) in [6, 6.07) is 1.87. The molecule has 0 aromatic carbocycles. The molecule has 0 bridgehead atoms. The predicted molar refractivity (Wildman–Crippen MR) is 62.4 cm³/mol. The van der Waals surface area contributed by atoms with Crippen LogP contribution in [0.25, 0.3) is 10.2 Å². The fraction of sp³-hybridized carbons (Fsp3) is 0.333. The minimum Gasteiger partial charge on any atom is -0.298 e. The van der Waals surface area contributed by atoms with Crippen LogP contribution in [-0.4, -0.2) is 15.3 Å². The van der Waals surface area contributed by atoms with Gasteiger partial charge in [-0.25, -0.2) is 4.98 Å². The van der Waals surface area contributed by atoms with Gasteiger partial charge in [0.1, 0.15) is 4.70 Å². The van der Waals surface area contributed by atoms with Crippen molar-refractivity contribution in [3.05, 3.63) is 28.1 Å². The number of nitrogens with zero attached hydrogens (tertiary/aromatic N) is 2. The number of aryl methyl sites for hydroxylation is 1. The van der Waals surface area contributed by atoms with Crippen molar-refractivity contribution in [2.45, 2.75) is 13.0 Å². The van der Waals surface area contributed by atoms with E-state index in [9.17, 15) is 4.79 Å². The summed E-state index contributed by atoms with van der Waals surface area (Å²) in [6.07, 6.45) is 2.50. The van der Waals surface area contributed by atoms with Crippen LogP contribution in [0.4, 0.5) is 0 Å². The first-order chi connectivity index (χ1) is 6.83. The molecule has 0 aliphatic rings. The molecule has 0 unspecified atom stereocenters. The highest BCUT2D eigenvalue weighted by atomic mass is 32.1. The van der Waals surface area contributed by atoms with Crippen LogP contribution in [-0.2, 0) is 6.54 Å². The van der Waals surface area contributed by atoms with Crippen molar-refractivity contribution in [1.82, 2.24) is 9.55 Å². The maximum Gasteiger partial charge on any atom is 0.271 e. The molecule has 0 saturated heterocycles. The highest BCUT2D eigenvalue weighted by molar-refractivity contribution is 7.80. The molecule has 2 rings (SSSR count). The molecule has 3 nitrogen and oxygen atoms in total. The molecule has 0 aliphatic carbocycles. The summed E-state index contributed by atoms with van der Waals surface area (Å²) < 4.78 is 2.39. The average molecular weight is 226 g/mol. The lowest BCUT2D eigenvalue weighted by molar-refractivity contribution is 0.653. The second kappa shape index (κ2) is 4.14. The Balaban J connectivity index is 2.46. The third kappa shape index (κ3) is 1.69. The molecule has 0 N–H and O–H groups in total. The summed E-state index contributed by atoms with van der Waals surface area (Å²) in [7, 11) is 0. The van der Waals surface area contributed by atoms with Crippen LogP contribution in [0.5, 0.6) is 0 Å². The number of thiophene rings is 1. The van der Waals surface area contributed by atoms with Gasteiger partial charge in [0.05, 0.1) is 11.8 Å². The summed E-state index contributed by atoms with van der Waals surface area (Å²) in [5.74, 6) is 0.787. The van der Waals surface area contributed by atoms with E-state index in [-0.39, 0.29) is 5.56 Å². The molecule has 2 aromatic rings. The minimum absolute atomic E-state index is 0.0618. The number of fused-ring (bicyclic) bond motifs is 1. The Morgan fingerprint density at radius 3 is 3.21 bits per heavy atom. The van der Waals surface area contributed by atoms with Crippen LogP contribution in [0, 0.1) is 0 Å². The van der Waals surface area contributed by atoms with Crippen molar-refractivity contribution >= 4 is 34.2 Å². The summed E-state index contributed by atoms with van der Waals surface area (Å²) >= 11 is 5.56. The van der Waals surface area contributed by atoms with Gasteiger partial charge in [0.25, 0.3) is 5.56 Å². The summed E-state index contributed by atoms with van der Waals surface area (Å²) in [6.45, 7) is 0.698. The van der Waals surface area contributed by atoms with Gasteiger partial charge in [0.2, 0.25) is 0 Å². The van der Waals surface area contributed by atoms with Gasteiger partial charge >= 0.3 is 0 Å². The Kier molecular flexibility index (Phi) is 2.88. The van der Waals surface area contributed by atoms with E-state index in [0.717, 1.165) is 22.4 Å². The highest BCUT2D eigenvalue weighted by Crippen LogP contribution is 2.13. The van der Waals surface area contributed by atoms with Crippen molar-refractivity contribution in [3.8, 4) is 0 Å². The molecule has 14 heavy (non-hydrogen) atoms. The lowest BCUT2D eigenvalue weighted by atomic mass is 10.4. The summed E-state index contributed by atoms with van der Waals surface area (Å²) in [5, 5.41) is 1.89. The Morgan fingerprint density at radius 2 is 2.43 bits per heavy atom. The molecule has 74 valence electrons. The third-order valence-electron chi connectivity index (χ3n) is 1.99. The van der Waals surface area contributed by atoms with Gasteiger partial charge in [-0.05, 0) is 23.6 Å². The quantitative estimate of drug-likeness (QED) is 0.810. The van der Waals surface area contributed by atoms with Crippen molar-refractivity contribution in [2.75, 3.05) is 5.75 Å². The highest BCUT2D eigenvalue weighted by Gasteiger charge is 2.03. The number of hydrogen-bond donors (Lipinski definition) is 1. The Labute approximate surface area is 90.8 Å². The molecule has 0 atom stereocenters. The molecule has 2 heterocycles. The van der Waals surface area contributed by atoms with Gasteiger partial charge < -0.3 is 0 Å². The second-order valence-corrected chi connectivity index (χ2v) is 4.32. The first kappa shape index (κ1) is 9.73. The number of hydrogen-bond acceptors (Lipinski definition) is 4. The average Bonchev–Trinajstić information content (AvgIpc) is 2.66. The van der Waals surface area contributed by atoms with Crippen LogP contribution in [0.2, 0.25) is 0 Å². The maximum atomic E-state index is 11.8. The van der Waals surface area contributed by atoms with E-state index in [0.29, 0.717) is 6.54 Å². The topological polar surface area (TPSA) is 34.9 Å². The Hall–Kier alpha value is -0.810. The van der Waals surface area contributed by atoms with Crippen LogP contribution in [0.3, 0.4) is 0 Å². The van der Waals surface area contributed by atoms with Crippen molar-refractivity contribution in [2.24, 2.45) is 0 Å². The monoisotopic (exact) mass is 226 g/mol. The number of aromatic nitrogens is 2. The van der Waals surface area contributed by atoms with Crippen LogP contribution in [0.1, 0.15) is 6.42 Å². The second-order valence-electron chi connectivity index (χ2n) is 2.96. The van der Waals surface area contributed by atoms with E-state index in [1.807, 2.05) is 11.4 Å². The van der Waals surface area contributed by atoms with E-state index in [4.69, 9.17) is 0 Å². The SMILES string of the molecule is O=c1c2sccc2ncn1CCCS. The number of thiol groups is 1. The van der Waals surface area contributed by atoms with E-state index < -0.39 is 0 Å². The summed E-state index contributed by atoms with van der Waals surface area (Å²) in [5.41, 5.74) is 0.855. The molecule has 2 aromatic heterocycles. The zero-order valence-electron chi connectivity index (χ0n) is 7.51. The van der Waals surface area contributed by atoms with Gasteiger partial charge in [0, 0.05) is 6.54 Å². The first-order valence-corrected chi connectivity index (χ1v) is 5.87. The standard InChI is InChI=1S/C9H10N2OS2/c12-9-8-7(2-5-14-8)10-6-11(9)3-1-4-13/h2,5-6,13H,1,3-4H2. The van der Waals surface area contributed by atoms with Crippen molar-refractivity contribution < 1.29 is 0 Å². The van der Waals surface area contributed by atoms with E-state index in [1.165, 1.54) is 11.3 Å². The molecule has 5 heteroatoms. The maximum absolute atomic E-state index is 11.8. The fourth-order valence-electron chi connectivity index (χ4n) is 1.28. The molecule has 0 spiro atoms. The largest absolute Gasteiger partial charge is 0.298 e. The molecule has 0 aliphatic heterocycles. The zero-order valence-corrected chi connectivity index (χ0v) is 9.22. The molecule has 0 radical (unpaired) electrons. The van der Waals surface area contributed by atoms with E-state index in [1.54, 1.807) is 10.9 Å². The molecule has 0 saturated carbocycles. The van der Waals surface area contributed by atoms with Gasteiger partial charge in [-0.2, -0.15) is 12.6 Å². The lowest BCUT2D eigenvalue weighted by Gasteiger charge is -2.02. The number of rotatable bonds is 3.